The van der Waals surface area contributed by atoms with Crippen LogP contribution in [0.1, 0.15) is 16.7 Å². The van der Waals surface area contributed by atoms with Crippen molar-refractivity contribution in [3.8, 4) is 5.75 Å². The van der Waals surface area contributed by atoms with Gasteiger partial charge in [-0.25, -0.2) is 0 Å². The van der Waals surface area contributed by atoms with Crippen LogP contribution in [0.2, 0.25) is 0 Å². The Morgan fingerprint density at radius 1 is 1.11 bits per heavy atom. The van der Waals surface area contributed by atoms with Gasteiger partial charge in [0.1, 0.15) is 5.75 Å². The Labute approximate surface area is 118 Å². The van der Waals surface area contributed by atoms with Gasteiger partial charge in [-0.2, -0.15) is 0 Å². The van der Waals surface area contributed by atoms with Crippen LogP contribution < -0.4 is 4.74 Å². The van der Waals surface area contributed by atoms with E-state index in [9.17, 15) is 0 Å². The summed E-state index contributed by atoms with van der Waals surface area (Å²) in [5, 5.41) is 9.01. The number of methoxy groups -OCH3 is 1. The summed E-state index contributed by atoms with van der Waals surface area (Å²) in [6.07, 6.45) is 0. The monoisotopic (exact) mass is 274 g/mol. The molecule has 0 unspecified atom stereocenters. The molecule has 3 heteroatoms. The highest BCUT2D eigenvalue weighted by Crippen LogP contribution is 2.28. The molecule has 0 bridgehead atoms. The molecule has 0 aliphatic heterocycles. The molecule has 1 N–H and O–H groups in total. The Bertz CT molecular complexity index is 535. The second-order valence-corrected chi connectivity index (χ2v) is 5.45. The van der Waals surface area contributed by atoms with Crippen LogP contribution in [0.4, 0.5) is 0 Å². The lowest BCUT2D eigenvalue weighted by Gasteiger charge is -2.09. The number of rotatable bonds is 5. The number of aliphatic hydroxyl groups is 1. The highest BCUT2D eigenvalue weighted by Gasteiger charge is 2.04. The fourth-order valence-electron chi connectivity index (χ4n) is 1.87. The molecule has 2 nitrogen and oxygen atoms in total. The Morgan fingerprint density at radius 2 is 1.84 bits per heavy atom. The quantitative estimate of drug-likeness (QED) is 0.841. The molecular weight excluding hydrogens is 256 g/mol. The average molecular weight is 274 g/mol. The van der Waals surface area contributed by atoms with Gasteiger partial charge in [-0.3, -0.25) is 0 Å². The van der Waals surface area contributed by atoms with E-state index in [2.05, 4.69) is 19.1 Å². The first-order valence-corrected chi connectivity index (χ1v) is 7.17. The predicted molar refractivity (Wildman–Crippen MR) is 79.7 cm³/mol. The van der Waals surface area contributed by atoms with Crippen molar-refractivity contribution >= 4 is 11.8 Å². The molecule has 0 atom stereocenters. The van der Waals surface area contributed by atoms with E-state index in [4.69, 9.17) is 9.84 Å². The molecule has 0 aromatic heterocycles. The van der Waals surface area contributed by atoms with Crippen molar-refractivity contribution in [3.05, 3.63) is 59.2 Å². The summed E-state index contributed by atoms with van der Waals surface area (Å²) < 4.78 is 5.38. The average Bonchev–Trinajstić information content (AvgIpc) is 2.46. The molecular formula is C16H18O2S. The number of hydrogen-bond acceptors (Lipinski definition) is 3. The summed E-state index contributed by atoms with van der Waals surface area (Å²) in [7, 11) is 1.70. The van der Waals surface area contributed by atoms with Crippen LogP contribution in [-0.4, -0.2) is 12.2 Å². The summed E-state index contributed by atoms with van der Waals surface area (Å²) >= 11 is 1.77. The van der Waals surface area contributed by atoms with E-state index in [-0.39, 0.29) is 6.61 Å². The van der Waals surface area contributed by atoms with E-state index in [0.717, 1.165) is 17.1 Å². The predicted octanol–water partition coefficient (Wildman–Crippen LogP) is 3.79. The van der Waals surface area contributed by atoms with Gasteiger partial charge in [0.05, 0.1) is 13.7 Å². The number of hydrogen-bond donors (Lipinski definition) is 1. The molecule has 0 saturated heterocycles. The van der Waals surface area contributed by atoms with E-state index in [1.165, 1.54) is 16.0 Å². The minimum absolute atomic E-state index is 0.0939. The van der Waals surface area contributed by atoms with Gasteiger partial charge in [0.25, 0.3) is 0 Å². The van der Waals surface area contributed by atoms with Crippen LogP contribution in [0.3, 0.4) is 0 Å². The smallest absolute Gasteiger partial charge is 0.122 e. The van der Waals surface area contributed by atoms with Gasteiger partial charge in [0.15, 0.2) is 0 Å². The van der Waals surface area contributed by atoms with E-state index >= 15 is 0 Å². The third kappa shape index (κ3) is 3.75. The van der Waals surface area contributed by atoms with E-state index < -0.39 is 0 Å². The topological polar surface area (TPSA) is 29.5 Å². The summed E-state index contributed by atoms with van der Waals surface area (Å²) in [6, 6.07) is 14.2. The third-order valence-electron chi connectivity index (χ3n) is 2.94. The maximum absolute atomic E-state index is 9.01. The van der Waals surface area contributed by atoms with Gasteiger partial charge in [-0.15, -0.1) is 11.8 Å². The molecule has 19 heavy (non-hydrogen) atoms. The fraction of sp³-hybridized carbons (Fsp3) is 0.250. The van der Waals surface area contributed by atoms with Gasteiger partial charge in [-0.1, -0.05) is 29.8 Å². The van der Waals surface area contributed by atoms with E-state index in [0.29, 0.717) is 0 Å². The lowest BCUT2D eigenvalue weighted by Crippen LogP contribution is -1.91. The van der Waals surface area contributed by atoms with Crippen molar-refractivity contribution in [1.82, 2.24) is 0 Å². The largest absolute Gasteiger partial charge is 0.496 e. The molecule has 0 heterocycles. The highest BCUT2D eigenvalue weighted by atomic mass is 32.2. The minimum Gasteiger partial charge on any atom is -0.496 e. The van der Waals surface area contributed by atoms with E-state index in [1.807, 2.05) is 30.3 Å². The van der Waals surface area contributed by atoms with Crippen LogP contribution >= 0.6 is 11.8 Å². The molecule has 0 aliphatic rings. The second kappa shape index (κ2) is 6.64. The Balaban J connectivity index is 2.07. The van der Waals surface area contributed by atoms with Gasteiger partial charge >= 0.3 is 0 Å². The molecule has 100 valence electrons. The first kappa shape index (κ1) is 14.0. The molecule has 2 aromatic rings. The van der Waals surface area contributed by atoms with Crippen molar-refractivity contribution < 1.29 is 9.84 Å². The molecule has 2 rings (SSSR count). The maximum Gasteiger partial charge on any atom is 0.122 e. The second-order valence-electron chi connectivity index (χ2n) is 4.41. The molecule has 0 spiro atoms. The van der Waals surface area contributed by atoms with Crippen molar-refractivity contribution in [2.24, 2.45) is 0 Å². The van der Waals surface area contributed by atoms with Crippen LogP contribution in [0.25, 0.3) is 0 Å². The number of aliphatic hydroxyl groups excluding tert-OH is 1. The molecule has 2 aromatic carbocycles. The van der Waals surface area contributed by atoms with Crippen molar-refractivity contribution in [2.45, 2.75) is 24.2 Å². The summed E-state index contributed by atoms with van der Waals surface area (Å²) in [5.74, 6) is 1.81. The maximum atomic E-state index is 9.01. The van der Waals surface area contributed by atoms with Crippen molar-refractivity contribution in [3.63, 3.8) is 0 Å². The number of benzene rings is 2. The molecule has 0 aliphatic carbocycles. The van der Waals surface area contributed by atoms with Gasteiger partial charge in [0, 0.05) is 16.2 Å². The van der Waals surface area contributed by atoms with Gasteiger partial charge in [-0.05, 0) is 30.7 Å². The number of thioether (sulfide) groups is 1. The Hall–Kier alpha value is -1.45. The minimum atomic E-state index is 0.0939. The van der Waals surface area contributed by atoms with E-state index in [1.54, 1.807) is 18.9 Å². The van der Waals surface area contributed by atoms with Crippen molar-refractivity contribution in [1.29, 1.82) is 0 Å². The standard InChI is InChI=1S/C16H18O2S/c1-12-3-8-16(18-2)14(9-12)11-19-15-6-4-13(10-17)5-7-15/h3-9,17H,10-11H2,1-2H3. The lowest BCUT2D eigenvalue weighted by molar-refractivity contribution is 0.282. The van der Waals surface area contributed by atoms with Crippen molar-refractivity contribution in [2.75, 3.05) is 7.11 Å². The Kier molecular flexibility index (Phi) is 4.88. The normalized spacial score (nSPS) is 10.5. The number of aryl methyl sites for hydroxylation is 1. The van der Waals surface area contributed by atoms with Gasteiger partial charge < -0.3 is 9.84 Å². The zero-order valence-corrected chi connectivity index (χ0v) is 12.0. The first-order valence-electron chi connectivity index (χ1n) is 6.19. The highest BCUT2D eigenvalue weighted by molar-refractivity contribution is 7.98. The molecule has 0 radical (unpaired) electrons. The first-order chi connectivity index (χ1) is 9.22. The van der Waals surface area contributed by atoms with Crippen LogP contribution in [0, 0.1) is 6.92 Å². The zero-order valence-electron chi connectivity index (χ0n) is 11.2. The fourth-order valence-corrected chi connectivity index (χ4v) is 2.75. The summed E-state index contributed by atoms with van der Waals surface area (Å²) in [5.41, 5.74) is 3.39. The lowest BCUT2D eigenvalue weighted by atomic mass is 10.1. The van der Waals surface area contributed by atoms with Crippen LogP contribution in [0.15, 0.2) is 47.4 Å². The summed E-state index contributed by atoms with van der Waals surface area (Å²) in [6.45, 7) is 2.18. The molecule has 0 fully saturated rings. The SMILES string of the molecule is COc1ccc(C)cc1CSc1ccc(CO)cc1. The third-order valence-corrected chi connectivity index (χ3v) is 4.00. The zero-order chi connectivity index (χ0) is 13.7. The Morgan fingerprint density at radius 3 is 2.47 bits per heavy atom. The molecule has 0 amide bonds. The number of ether oxygens (including phenoxy) is 1. The molecule has 0 saturated carbocycles. The van der Waals surface area contributed by atoms with Gasteiger partial charge in [0.2, 0.25) is 0 Å². The van der Waals surface area contributed by atoms with Crippen LogP contribution in [-0.2, 0) is 12.4 Å². The van der Waals surface area contributed by atoms with Crippen LogP contribution in [0.5, 0.6) is 5.75 Å². The summed E-state index contributed by atoms with van der Waals surface area (Å²) in [4.78, 5) is 1.20.